The lowest BCUT2D eigenvalue weighted by Gasteiger charge is -2.21. The van der Waals surface area contributed by atoms with Crippen LogP contribution in [0.1, 0.15) is 265 Å². The van der Waals surface area contributed by atoms with Crippen molar-refractivity contribution in [3.8, 4) is 0 Å². The zero-order chi connectivity index (χ0) is 58.3. The van der Waals surface area contributed by atoms with E-state index < -0.39 is 57.8 Å². The molecule has 0 saturated carbocycles. The van der Waals surface area contributed by atoms with Crippen LogP contribution in [0.15, 0.2) is 109 Å². The molecule has 0 rings (SSSR count). The van der Waals surface area contributed by atoms with Crippen molar-refractivity contribution in [1.82, 2.24) is 0 Å². The van der Waals surface area contributed by atoms with Gasteiger partial charge in [-0.05, 0) is 128 Å². The fourth-order valence-corrected chi connectivity index (χ4v) is 9.11. The Morgan fingerprint density at radius 1 is 0.362 bits per heavy atom. The average Bonchev–Trinajstić information content (AvgIpc) is 3.45. The molecule has 11 nitrogen and oxygen atoms in total. The summed E-state index contributed by atoms with van der Waals surface area (Å²) in [5.74, 6) is -1.53. The molecule has 3 unspecified atom stereocenters. The second-order valence-corrected chi connectivity index (χ2v) is 22.3. The number of aliphatic hydroxyl groups is 1. The number of esters is 3. The molecule has 3 atom stereocenters. The minimum absolute atomic E-state index is 0.119. The smallest absolute Gasteiger partial charge is 0.462 e. The summed E-state index contributed by atoms with van der Waals surface area (Å²) in [5, 5.41) is 9.84. The van der Waals surface area contributed by atoms with Gasteiger partial charge in [-0.1, -0.05) is 226 Å². The number of ether oxygens (including phenoxy) is 3. The van der Waals surface area contributed by atoms with Gasteiger partial charge in [-0.3, -0.25) is 23.4 Å². The van der Waals surface area contributed by atoms with Crippen LogP contribution in [0.3, 0.4) is 0 Å². The third-order valence-electron chi connectivity index (χ3n) is 13.1. The summed E-state index contributed by atoms with van der Waals surface area (Å²) in [6.45, 7) is 4.43. The standard InChI is InChI=1S/C68H115O11P/c1-4-7-10-13-16-19-22-25-28-30-32-34-37-39-42-45-48-51-54-57-66(70)75-61-65(79-68(72)59-56-53-50-47-44-41-38-35-33-31-29-26-23-20-17-14-11-8-5-2)63-77-80(73,74)76-62-64(60-69)78-67(71)58-55-52-49-46-43-40-36-27-24-21-18-15-12-9-6-3/h9,12,16-21,25-29,32,34,36,43,46,64-65,69H,4-8,10-11,13-15,22-24,30-31,33,35,37-42,44-45,47-63H2,1-3H3,(H,73,74)/b12-9-,19-16-,20-17-,21-18-,28-25-,29-26-,34-32-,36-27-,46-43-. The van der Waals surface area contributed by atoms with Crippen LogP contribution in [0.2, 0.25) is 0 Å². The zero-order valence-corrected chi connectivity index (χ0v) is 51.7. The van der Waals surface area contributed by atoms with Gasteiger partial charge >= 0.3 is 25.7 Å². The van der Waals surface area contributed by atoms with Crippen LogP contribution in [0, 0.1) is 0 Å². The summed E-state index contributed by atoms with van der Waals surface area (Å²) in [6.07, 6.45) is 74.7. The van der Waals surface area contributed by atoms with Crippen LogP contribution in [0.5, 0.6) is 0 Å². The van der Waals surface area contributed by atoms with E-state index in [0.717, 1.165) is 122 Å². The Bertz CT molecular complexity index is 1760. The SMILES string of the molecule is CC/C=C\C/C=C\C/C=C\C/C=C\CCCCC(=O)OC(CO)COP(=O)(O)OCC(COC(=O)CCCCCCCC/C=C\C/C=C\C/C=C\CCCCC)OC(=O)CCCCCCCCCCC/C=C\C/C=C\CCCCC. The van der Waals surface area contributed by atoms with Gasteiger partial charge in [0, 0.05) is 19.3 Å². The third-order valence-corrected chi connectivity index (χ3v) is 14.1. The molecule has 0 aliphatic heterocycles. The highest BCUT2D eigenvalue weighted by atomic mass is 31.2. The topological polar surface area (TPSA) is 155 Å². The lowest BCUT2D eigenvalue weighted by Crippen LogP contribution is -2.30. The fraction of sp³-hybridized carbons (Fsp3) is 0.691. The Labute approximate surface area is 488 Å². The molecule has 2 N–H and O–H groups in total. The molecule has 80 heavy (non-hydrogen) atoms. The van der Waals surface area contributed by atoms with Crippen molar-refractivity contribution in [2.24, 2.45) is 0 Å². The van der Waals surface area contributed by atoms with Gasteiger partial charge in [0.1, 0.15) is 12.7 Å². The molecule has 12 heteroatoms. The van der Waals surface area contributed by atoms with Crippen LogP contribution >= 0.6 is 7.82 Å². The molecule has 0 spiro atoms. The highest BCUT2D eigenvalue weighted by molar-refractivity contribution is 7.47. The lowest BCUT2D eigenvalue weighted by atomic mass is 10.1. The molecule has 458 valence electrons. The second-order valence-electron chi connectivity index (χ2n) is 20.8. The lowest BCUT2D eigenvalue weighted by molar-refractivity contribution is -0.161. The largest absolute Gasteiger partial charge is 0.472 e. The maximum absolute atomic E-state index is 13.0. The van der Waals surface area contributed by atoms with E-state index in [9.17, 15) is 28.9 Å². The highest BCUT2D eigenvalue weighted by Crippen LogP contribution is 2.43. The maximum atomic E-state index is 13.0. The summed E-state index contributed by atoms with van der Waals surface area (Å²) in [7, 11) is -4.77. The highest BCUT2D eigenvalue weighted by Gasteiger charge is 2.28. The van der Waals surface area contributed by atoms with Crippen LogP contribution in [0.4, 0.5) is 0 Å². The molecule has 0 fully saturated rings. The van der Waals surface area contributed by atoms with Gasteiger partial charge in [0.2, 0.25) is 0 Å². The second kappa shape index (κ2) is 61.2. The van der Waals surface area contributed by atoms with E-state index in [0.29, 0.717) is 19.3 Å². The Morgan fingerprint density at radius 3 is 1.02 bits per heavy atom. The number of phosphoric acid groups is 1. The molecular formula is C68H115O11P. The first-order chi connectivity index (χ1) is 39.2. The molecule has 0 aromatic heterocycles. The summed E-state index contributed by atoms with van der Waals surface area (Å²) in [4.78, 5) is 48.7. The van der Waals surface area contributed by atoms with Crippen molar-refractivity contribution in [2.75, 3.05) is 26.4 Å². The van der Waals surface area contributed by atoms with E-state index in [1.807, 2.05) is 0 Å². The molecule has 0 heterocycles. The predicted molar refractivity (Wildman–Crippen MR) is 334 cm³/mol. The van der Waals surface area contributed by atoms with E-state index in [4.69, 9.17) is 23.3 Å². The van der Waals surface area contributed by atoms with Gasteiger partial charge in [0.25, 0.3) is 0 Å². The molecule has 0 radical (unpaired) electrons. The number of aliphatic hydroxyl groups excluding tert-OH is 1. The van der Waals surface area contributed by atoms with Crippen molar-refractivity contribution in [1.29, 1.82) is 0 Å². The molecule has 0 amide bonds. The molecule has 0 aliphatic rings. The Morgan fingerprint density at radius 2 is 0.650 bits per heavy atom. The number of hydrogen-bond donors (Lipinski definition) is 2. The predicted octanol–water partition coefficient (Wildman–Crippen LogP) is 19.4. The van der Waals surface area contributed by atoms with Gasteiger partial charge in [0.05, 0.1) is 19.8 Å². The van der Waals surface area contributed by atoms with Crippen molar-refractivity contribution in [3.05, 3.63) is 109 Å². The number of rotatable bonds is 58. The Hall–Kier alpha value is -3.86. The molecule has 0 aromatic rings. The van der Waals surface area contributed by atoms with Crippen molar-refractivity contribution in [3.63, 3.8) is 0 Å². The molecule has 0 aliphatic carbocycles. The quantitative estimate of drug-likeness (QED) is 0.0197. The van der Waals surface area contributed by atoms with E-state index in [-0.39, 0.29) is 25.9 Å². The third kappa shape index (κ3) is 58.8. The maximum Gasteiger partial charge on any atom is 0.472 e. The number of hydrogen-bond acceptors (Lipinski definition) is 10. The first-order valence-corrected chi connectivity index (χ1v) is 33.3. The zero-order valence-electron chi connectivity index (χ0n) is 50.8. The minimum Gasteiger partial charge on any atom is -0.462 e. The molecule has 0 saturated heterocycles. The first-order valence-electron chi connectivity index (χ1n) is 31.8. The minimum atomic E-state index is -4.77. The van der Waals surface area contributed by atoms with Gasteiger partial charge in [-0.2, -0.15) is 0 Å². The van der Waals surface area contributed by atoms with Crippen molar-refractivity contribution in [2.45, 2.75) is 277 Å². The van der Waals surface area contributed by atoms with Crippen LogP contribution in [-0.4, -0.2) is 66.5 Å². The van der Waals surface area contributed by atoms with E-state index in [1.165, 1.54) is 83.5 Å². The summed E-state index contributed by atoms with van der Waals surface area (Å²) in [5.41, 5.74) is 0. The van der Waals surface area contributed by atoms with Gasteiger partial charge in [-0.25, -0.2) is 4.57 Å². The molecular weight excluding hydrogens is 1020 g/mol. The van der Waals surface area contributed by atoms with Gasteiger partial charge < -0.3 is 24.2 Å². The molecule has 0 aromatic carbocycles. The van der Waals surface area contributed by atoms with E-state index >= 15 is 0 Å². The number of carbonyl (C=O) groups is 3. The fourth-order valence-electron chi connectivity index (χ4n) is 8.33. The van der Waals surface area contributed by atoms with E-state index in [1.54, 1.807) is 0 Å². The summed E-state index contributed by atoms with van der Waals surface area (Å²) >= 11 is 0. The number of allylic oxidation sites excluding steroid dienone is 18. The van der Waals surface area contributed by atoms with Crippen LogP contribution in [0.25, 0.3) is 0 Å². The molecule has 0 bridgehead atoms. The number of unbranched alkanes of at least 4 members (excludes halogenated alkanes) is 23. The van der Waals surface area contributed by atoms with Crippen molar-refractivity contribution < 1.29 is 52.2 Å². The average molecular weight is 1140 g/mol. The van der Waals surface area contributed by atoms with Gasteiger partial charge in [-0.15, -0.1) is 0 Å². The normalized spacial score (nSPS) is 14.0. The van der Waals surface area contributed by atoms with Crippen molar-refractivity contribution >= 4 is 25.7 Å². The summed E-state index contributed by atoms with van der Waals surface area (Å²) in [6, 6.07) is 0. The van der Waals surface area contributed by atoms with Crippen LogP contribution < -0.4 is 0 Å². The van der Waals surface area contributed by atoms with Crippen LogP contribution in [-0.2, 0) is 42.2 Å². The van der Waals surface area contributed by atoms with Gasteiger partial charge in [0.15, 0.2) is 6.10 Å². The monoisotopic (exact) mass is 1140 g/mol. The first kappa shape index (κ1) is 76.1. The Kier molecular flexibility index (Phi) is 58.3. The number of phosphoric ester groups is 1. The summed E-state index contributed by atoms with van der Waals surface area (Å²) < 4.78 is 39.6. The van der Waals surface area contributed by atoms with E-state index in [2.05, 4.69) is 130 Å². The Balaban J connectivity index is 4.79. The number of carbonyl (C=O) groups excluding carboxylic acids is 3.